The first kappa shape index (κ1) is 11.3. The predicted octanol–water partition coefficient (Wildman–Crippen LogP) is 1.94. The van der Waals surface area contributed by atoms with E-state index < -0.39 is 6.10 Å². The van der Waals surface area contributed by atoms with Crippen LogP contribution in [0.5, 0.6) is 11.5 Å². The molecule has 0 amide bonds. The highest BCUT2D eigenvalue weighted by Crippen LogP contribution is 2.41. The first-order valence-corrected chi connectivity index (χ1v) is 5.66. The molecule has 1 aliphatic rings. The number of halogens is 1. The highest BCUT2D eigenvalue weighted by molar-refractivity contribution is 6.32. The molecule has 0 fully saturated rings. The molecule has 0 spiro atoms. The molecule has 2 aromatic rings. The third-order valence-corrected chi connectivity index (χ3v) is 2.91. The smallest absolute Gasteiger partial charge is 0.231 e. The van der Waals surface area contributed by atoms with Crippen LogP contribution in [0.1, 0.15) is 17.4 Å². The van der Waals surface area contributed by atoms with E-state index in [4.69, 9.17) is 21.1 Å². The molecule has 0 aliphatic carbocycles. The number of aromatic nitrogens is 2. The molecule has 6 heteroatoms. The second-order valence-corrected chi connectivity index (χ2v) is 4.18. The minimum absolute atomic E-state index is 0.139. The molecule has 1 aromatic heterocycles. The average molecular weight is 265 g/mol. The lowest BCUT2D eigenvalue weighted by Gasteiger charge is -2.11. The molecule has 0 bridgehead atoms. The minimum Gasteiger partial charge on any atom is -0.454 e. The second-order valence-electron chi connectivity index (χ2n) is 3.77. The van der Waals surface area contributed by atoms with Gasteiger partial charge in [-0.05, 0) is 17.7 Å². The lowest BCUT2D eigenvalue weighted by atomic mass is 10.1. The first-order chi connectivity index (χ1) is 8.75. The van der Waals surface area contributed by atoms with E-state index in [-0.39, 0.29) is 6.79 Å². The zero-order valence-electron chi connectivity index (χ0n) is 9.21. The highest BCUT2D eigenvalue weighted by Gasteiger charge is 2.22. The molecule has 92 valence electrons. The SMILES string of the molecule is OC(c1cc(Cl)c2c(c1)OCO2)c1cnccn1. The minimum atomic E-state index is -0.898. The lowest BCUT2D eigenvalue weighted by Crippen LogP contribution is -2.02. The Morgan fingerprint density at radius 3 is 2.94 bits per heavy atom. The largest absolute Gasteiger partial charge is 0.454 e. The molecule has 1 N–H and O–H groups in total. The zero-order chi connectivity index (χ0) is 12.5. The Bertz CT molecular complexity index is 577. The van der Waals surface area contributed by atoms with Gasteiger partial charge in [-0.2, -0.15) is 0 Å². The van der Waals surface area contributed by atoms with Crippen LogP contribution in [0, 0.1) is 0 Å². The van der Waals surface area contributed by atoms with E-state index in [1.54, 1.807) is 18.3 Å². The van der Waals surface area contributed by atoms with Gasteiger partial charge in [-0.1, -0.05) is 11.6 Å². The summed E-state index contributed by atoms with van der Waals surface area (Å²) >= 11 is 6.05. The van der Waals surface area contributed by atoms with Crippen molar-refractivity contribution in [2.45, 2.75) is 6.10 Å². The number of ether oxygens (including phenoxy) is 2. The van der Waals surface area contributed by atoms with Gasteiger partial charge in [-0.25, -0.2) is 0 Å². The summed E-state index contributed by atoms with van der Waals surface area (Å²) in [7, 11) is 0. The van der Waals surface area contributed by atoms with Crippen LogP contribution in [0.25, 0.3) is 0 Å². The maximum absolute atomic E-state index is 10.2. The van der Waals surface area contributed by atoms with Crippen molar-refractivity contribution >= 4 is 11.6 Å². The van der Waals surface area contributed by atoms with Crippen LogP contribution in [0.4, 0.5) is 0 Å². The highest BCUT2D eigenvalue weighted by atomic mass is 35.5. The number of hydrogen-bond donors (Lipinski definition) is 1. The molecule has 3 rings (SSSR count). The number of aliphatic hydroxyl groups is 1. The van der Waals surface area contributed by atoms with Crippen molar-refractivity contribution in [3.05, 3.63) is 47.0 Å². The quantitative estimate of drug-likeness (QED) is 0.898. The van der Waals surface area contributed by atoms with Gasteiger partial charge in [0.05, 0.1) is 16.9 Å². The normalized spacial score (nSPS) is 14.6. The number of benzene rings is 1. The van der Waals surface area contributed by atoms with E-state index >= 15 is 0 Å². The fourth-order valence-corrected chi connectivity index (χ4v) is 2.04. The van der Waals surface area contributed by atoms with Crippen molar-refractivity contribution in [1.29, 1.82) is 0 Å². The van der Waals surface area contributed by atoms with Crippen LogP contribution < -0.4 is 9.47 Å². The van der Waals surface area contributed by atoms with Crippen molar-refractivity contribution in [1.82, 2.24) is 9.97 Å². The van der Waals surface area contributed by atoms with Gasteiger partial charge in [0, 0.05) is 12.4 Å². The van der Waals surface area contributed by atoms with E-state index in [1.165, 1.54) is 12.4 Å². The maximum atomic E-state index is 10.2. The Labute approximate surface area is 108 Å². The van der Waals surface area contributed by atoms with Crippen LogP contribution in [-0.2, 0) is 0 Å². The van der Waals surface area contributed by atoms with E-state index in [9.17, 15) is 5.11 Å². The number of nitrogens with zero attached hydrogens (tertiary/aromatic N) is 2. The number of hydrogen-bond acceptors (Lipinski definition) is 5. The monoisotopic (exact) mass is 264 g/mol. The van der Waals surface area contributed by atoms with Gasteiger partial charge in [0.2, 0.25) is 6.79 Å². The molecule has 18 heavy (non-hydrogen) atoms. The third-order valence-electron chi connectivity index (χ3n) is 2.63. The van der Waals surface area contributed by atoms with Crippen LogP contribution >= 0.6 is 11.6 Å². The third kappa shape index (κ3) is 1.87. The molecular formula is C12H9ClN2O3. The van der Waals surface area contributed by atoms with E-state index in [1.807, 2.05) is 0 Å². The molecule has 1 aromatic carbocycles. The van der Waals surface area contributed by atoms with Crippen molar-refractivity contribution in [2.75, 3.05) is 6.79 Å². The average Bonchev–Trinajstić information content (AvgIpc) is 2.88. The number of aliphatic hydroxyl groups excluding tert-OH is 1. The Kier molecular flexibility index (Phi) is 2.77. The molecule has 2 heterocycles. The molecule has 1 unspecified atom stereocenters. The fourth-order valence-electron chi connectivity index (χ4n) is 1.77. The molecule has 1 atom stereocenters. The van der Waals surface area contributed by atoms with Gasteiger partial charge >= 0.3 is 0 Å². The molecule has 5 nitrogen and oxygen atoms in total. The topological polar surface area (TPSA) is 64.5 Å². The van der Waals surface area contributed by atoms with Gasteiger partial charge < -0.3 is 14.6 Å². The number of rotatable bonds is 2. The van der Waals surface area contributed by atoms with Gasteiger partial charge in [0.25, 0.3) is 0 Å². The summed E-state index contributed by atoms with van der Waals surface area (Å²) in [5, 5.41) is 10.6. The van der Waals surface area contributed by atoms with Crippen LogP contribution in [0.3, 0.4) is 0 Å². The van der Waals surface area contributed by atoms with Crippen molar-refractivity contribution in [2.24, 2.45) is 0 Å². The van der Waals surface area contributed by atoms with E-state index in [2.05, 4.69) is 9.97 Å². The Balaban J connectivity index is 2.00. The first-order valence-electron chi connectivity index (χ1n) is 5.29. The summed E-state index contributed by atoms with van der Waals surface area (Å²) in [6, 6.07) is 3.32. The van der Waals surface area contributed by atoms with Crippen molar-refractivity contribution < 1.29 is 14.6 Å². The molecule has 0 radical (unpaired) electrons. The summed E-state index contributed by atoms with van der Waals surface area (Å²) in [6.45, 7) is 0.139. The summed E-state index contributed by atoms with van der Waals surface area (Å²) < 4.78 is 10.5. The molecule has 1 aliphatic heterocycles. The van der Waals surface area contributed by atoms with E-state index in [0.717, 1.165) is 0 Å². The Hall–Kier alpha value is -1.85. The summed E-state index contributed by atoms with van der Waals surface area (Å²) in [5.41, 5.74) is 1.04. The van der Waals surface area contributed by atoms with Gasteiger partial charge in [-0.15, -0.1) is 0 Å². The van der Waals surface area contributed by atoms with Gasteiger partial charge in [-0.3, -0.25) is 9.97 Å². The zero-order valence-corrected chi connectivity index (χ0v) is 9.96. The van der Waals surface area contributed by atoms with Crippen molar-refractivity contribution in [3.63, 3.8) is 0 Å². The Morgan fingerprint density at radius 2 is 2.17 bits per heavy atom. The van der Waals surface area contributed by atoms with Gasteiger partial charge in [0.15, 0.2) is 11.5 Å². The summed E-state index contributed by atoms with van der Waals surface area (Å²) in [6.07, 6.45) is 3.67. The predicted molar refractivity (Wildman–Crippen MR) is 63.7 cm³/mol. The van der Waals surface area contributed by atoms with Crippen molar-refractivity contribution in [3.8, 4) is 11.5 Å². The lowest BCUT2D eigenvalue weighted by molar-refractivity contribution is 0.173. The summed E-state index contributed by atoms with van der Waals surface area (Å²) in [4.78, 5) is 7.97. The second kappa shape index (κ2) is 4.44. The van der Waals surface area contributed by atoms with E-state index in [0.29, 0.717) is 27.8 Å². The van der Waals surface area contributed by atoms with Crippen LogP contribution in [0.2, 0.25) is 5.02 Å². The fraction of sp³-hybridized carbons (Fsp3) is 0.167. The van der Waals surface area contributed by atoms with Crippen LogP contribution in [-0.4, -0.2) is 21.9 Å². The standard InChI is InChI=1S/C12H9ClN2O3/c13-8-3-7(4-10-12(8)18-6-17-10)11(16)9-5-14-1-2-15-9/h1-5,11,16H,6H2. The van der Waals surface area contributed by atoms with Gasteiger partial charge in [0.1, 0.15) is 6.10 Å². The molecular weight excluding hydrogens is 256 g/mol. The maximum Gasteiger partial charge on any atom is 0.231 e. The Morgan fingerprint density at radius 1 is 1.28 bits per heavy atom. The number of fused-ring (bicyclic) bond motifs is 1. The van der Waals surface area contributed by atoms with Crippen LogP contribution in [0.15, 0.2) is 30.7 Å². The molecule has 0 saturated heterocycles. The summed E-state index contributed by atoms with van der Waals surface area (Å²) in [5.74, 6) is 1.03. The molecule has 0 saturated carbocycles.